The molecule has 0 bridgehead atoms. The average molecular weight is 494 g/mol. The number of hydrogen-bond donors (Lipinski definition) is 1. The minimum atomic E-state index is -0.485. The fraction of sp³-hybridized carbons (Fsp3) is 0.767. The third-order valence-corrected chi connectivity index (χ3v) is 11.7. The Morgan fingerprint density at radius 1 is 1.11 bits per heavy atom. The highest BCUT2D eigenvalue weighted by Crippen LogP contribution is 2.69. The van der Waals surface area contributed by atoms with Crippen molar-refractivity contribution in [3.63, 3.8) is 0 Å². The molecule has 1 heterocycles. The van der Waals surface area contributed by atoms with Crippen molar-refractivity contribution in [1.82, 2.24) is 15.0 Å². The number of carbonyl (C=O) groups excluding carboxylic acids is 1. The van der Waals surface area contributed by atoms with Crippen LogP contribution in [-0.4, -0.2) is 38.6 Å². The van der Waals surface area contributed by atoms with Gasteiger partial charge in [0.1, 0.15) is 17.8 Å². The molecule has 0 unspecified atom stereocenters. The first-order valence-corrected chi connectivity index (χ1v) is 14.3. The third kappa shape index (κ3) is 3.57. The maximum Gasteiger partial charge on any atom is 0.157 e. The normalized spacial score (nSPS) is 42.0. The SMILES string of the molecule is CC[C@]12CC[C@@](C)(O)C[C@H]1CC[C@H]1[C@@H]3CC[C@H](C(=O)Cn4nnc5cc(OC)ccc54)[C@@]3(C)CC[C@@H]12. The zero-order valence-electron chi connectivity index (χ0n) is 22.5. The number of aliphatic hydroxyl groups is 1. The van der Waals surface area contributed by atoms with Gasteiger partial charge in [-0.1, -0.05) is 19.1 Å². The summed E-state index contributed by atoms with van der Waals surface area (Å²) in [6, 6.07) is 5.74. The molecule has 0 aliphatic heterocycles. The first-order chi connectivity index (χ1) is 17.2. The molecule has 4 aliphatic carbocycles. The average Bonchev–Trinajstić information content (AvgIpc) is 3.43. The molecule has 0 radical (unpaired) electrons. The molecule has 1 N–H and O–H groups in total. The second-order valence-corrected chi connectivity index (χ2v) is 13.2. The zero-order chi connectivity index (χ0) is 25.3. The molecule has 4 aliphatic rings. The van der Waals surface area contributed by atoms with Crippen LogP contribution in [0.2, 0.25) is 0 Å². The van der Waals surface area contributed by atoms with Gasteiger partial charge in [-0.05, 0) is 118 Å². The molecule has 4 saturated carbocycles. The highest BCUT2D eigenvalue weighted by Gasteiger charge is 2.62. The van der Waals surface area contributed by atoms with E-state index in [2.05, 4.69) is 31.1 Å². The van der Waals surface area contributed by atoms with E-state index in [4.69, 9.17) is 4.74 Å². The number of carbonyl (C=O) groups is 1. The third-order valence-electron chi connectivity index (χ3n) is 11.7. The summed E-state index contributed by atoms with van der Waals surface area (Å²) in [4.78, 5) is 13.8. The molecule has 0 saturated heterocycles. The molecule has 36 heavy (non-hydrogen) atoms. The summed E-state index contributed by atoms with van der Waals surface area (Å²) in [7, 11) is 1.65. The Kier molecular flexibility index (Phi) is 5.79. The number of Topliss-reactive ketones (excluding diaryl/α,β-unsaturated/α-hetero) is 1. The molecule has 0 spiro atoms. The van der Waals surface area contributed by atoms with Crippen molar-refractivity contribution in [3.05, 3.63) is 18.2 Å². The van der Waals surface area contributed by atoms with E-state index in [9.17, 15) is 9.90 Å². The molecule has 1 aromatic carbocycles. The number of hydrogen-bond acceptors (Lipinski definition) is 5. The van der Waals surface area contributed by atoms with Gasteiger partial charge < -0.3 is 9.84 Å². The lowest BCUT2D eigenvalue weighted by atomic mass is 9.42. The number of methoxy groups -OCH3 is 1. The van der Waals surface area contributed by atoms with Crippen LogP contribution < -0.4 is 4.74 Å². The van der Waals surface area contributed by atoms with E-state index in [0.29, 0.717) is 29.6 Å². The maximum absolute atomic E-state index is 13.8. The maximum atomic E-state index is 13.8. The van der Waals surface area contributed by atoms with Crippen LogP contribution in [0.3, 0.4) is 0 Å². The first kappa shape index (κ1) is 24.4. The predicted molar refractivity (Wildman–Crippen MR) is 140 cm³/mol. The van der Waals surface area contributed by atoms with Crippen LogP contribution in [0.5, 0.6) is 5.75 Å². The molecule has 6 nitrogen and oxygen atoms in total. The van der Waals surface area contributed by atoms with Crippen molar-refractivity contribution in [2.45, 2.75) is 97.1 Å². The van der Waals surface area contributed by atoms with E-state index in [0.717, 1.165) is 54.3 Å². The van der Waals surface area contributed by atoms with E-state index in [-0.39, 0.29) is 11.3 Å². The molecular formula is C30H43N3O3. The molecule has 2 aromatic rings. The molecule has 6 rings (SSSR count). The van der Waals surface area contributed by atoms with Crippen molar-refractivity contribution < 1.29 is 14.6 Å². The van der Waals surface area contributed by atoms with Gasteiger partial charge in [-0.25, -0.2) is 4.68 Å². The summed E-state index contributed by atoms with van der Waals surface area (Å²) in [6.45, 7) is 7.20. The minimum Gasteiger partial charge on any atom is -0.497 e. The minimum absolute atomic E-state index is 0.0970. The van der Waals surface area contributed by atoms with Crippen LogP contribution in [0, 0.1) is 40.4 Å². The lowest BCUT2D eigenvalue weighted by molar-refractivity contribution is -0.158. The monoisotopic (exact) mass is 493 g/mol. The van der Waals surface area contributed by atoms with Gasteiger partial charge in [0.2, 0.25) is 0 Å². The standard InChI is InChI=1S/C30H43N3O3/c1-5-30-15-14-28(2,35)17-19(30)6-8-21-22-9-10-24(29(22,3)13-12-23(21)30)27(34)18-33-26-11-7-20(36-4)16-25(26)31-32-33/h7,11,16,19,21-24,35H,5-6,8-10,12-15,17-18H2,1-4H3/t19-,21+,22+,23+,24-,28-,29+,30+/m1/s1. The van der Waals surface area contributed by atoms with Gasteiger partial charge in [-0.15, -0.1) is 5.10 Å². The van der Waals surface area contributed by atoms with Crippen molar-refractivity contribution in [1.29, 1.82) is 0 Å². The highest BCUT2D eigenvalue weighted by molar-refractivity contribution is 5.84. The summed E-state index contributed by atoms with van der Waals surface area (Å²) in [6.07, 6.45) is 11.5. The molecule has 0 amide bonds. The van der Waals surface area contributed by atoms with Gasteiger partial charge in [0, 0.05) is 12.0 Å². The summed E-state index contributed by atoms with van der Waals surface area (Å²) < 4.78 is 7.09. The van der Waals surface area contributed by atoms with Crippen LogP contribution in [-0.2, 0) is 11.3 Å². The van der Waals surface area contributed by atoms with Gasteiger partial charge in [-0.2, -0.15) is 0 Å². The number of fused-ring (bicyclic) bond motifs is 6. The Bertz CT molecular complexity index is 1160. The number of ether oxygens (including phenoxy) is 1. The number of nitrogens with zero attached hydrogens (tertiary/aromatic N) is 3. The molecule has 4 fully saturated rings. The lowest BCUT2D eigenvalue weighted by Gasteiger charge is -2.63. The topological polar surface area (TPSA) is 77.2 Å². The summed E-state index contributed by atoms with van der Waals surface area (Å²) in [5.74, 6) is 4.00. The Morgan fingerprint density at radius 3 is 2.72 bits per heavy atom. The Morgan fingerprint density at radius 2 is 1.94 bits per heavy atom. The molecule has 196 valence electrons. The van der Waals surface area contributed by atoms with Crippen LogP contribution in [0.4, 0.5) is 0 Å². The van der Waals surface area contributed by atoms with E-state index in [1.165, 1.54) is 38.5 Å². The first-order valence-electron chi connectivity index (χ1n) is 14.3. The quantitative estimate of drug-likeness (QED) is 0.569. The molecule has 6 heteroatoms. The van der Waals surface area contributed by atoms with Crippen LogP contribution in [0.1, 0.15) is 85.0 Å². The Hall–Kier alpha value is -1.95. The fourth-order valence-corrected chi connectivity index (χ4v) is 9.93. The van der Waals surface area contributed by atoms with Crippen molar-refractivity contribution in [3.8, 4) is 5.75 Å². The second-order valence-electron chi connectivity index (χ2n) is 13.2. The number of benzene rings is 1. The summed E-state index contributed by atoms with van der Waals surface area (Å²) in [5.41, 5.74) is 1.67. The van der Waals surface area contributed by atoms with Crippen molar-refractivity contribution in [2.24, 2.45) is 40.4 Å². The number of rotatable bonds is 5. The summed E-state index contributed by atoms with van der Waals surface area (Å²) >= 11 is 0. The largest absolute Gasteiger partial charge is 0.497 e. The van der Waals surface area contributed by atoms with E-state index < -0.39 is 5.60 Å². The van der Waals surface area contributed by atoms with Crippen molar-refractivity contribution >= 4 is 16.8 Å². The van der Waals surface area contributed by atoms with Gasteiger partial charge >= 0.3 is 0 Å². The number of ketones is 1. The summed E-state index contributed by atoms with van der Waals surface area (Å²) in [5, 5.41) is 19.5. The molecule has 1 aromatic heterocycles. The molecular weight excluding hydrogens is 450 g/mol. The van der Waals surface area contributed by atoms with Gasteiger partial charge in [0.15, 0.2) is 5.78 Å². The van der Waals surface area contributed by atoms with Crippen molar-refractivity contribution in [2.75, 3.05) is 7.11 Å². The highest BCUT2D eigenvalue weighted by atomic mass is 16.5. The number of aromatic nitrogens is 3. The van der Waals surface area contributed by atoms with Crippen LogP contribution in [0.25, 0.3) is 11.0 Å². The van der Waals surface area contributed by atoms with E-state index >= 15 is 0 Å². The zero-order valence-corrected chi connectivity index (χ0v) is 22.5. The Labute approximate surface area is 215 Å². The second kappa shape index (κ2) is 8.54. The Balaban J connectivity index is 1.22. The van der Waals surface area contributed by atoms with E-state index in [1.54, 1.807) is 11.8 Å². The predicted octanol–water partition coefficient (Wildman–Crippen LogP) is 5.81. The van der Waals surface area contributed by atoms with Gasteiger partial charge in [0.05, 0.1) is 18.2 Å². The fourth-order valence-electron chi connectivity index (χ4n) is 9.93. The smallest absolute Gasteiger partial charge is 0.157 e. The van der Waals surface area contributed by atoms with Crippen LogP contribution >= 0.6 is 0 Å². The lowest BCUT2D eigenvalue weighted by Crippen LogP contribution is -2.56. The molecule has 8 atom stereocenters. The van der Waals surface area contributed by atoms with Gasteiger partial charge in [0.25, 0.3) is 0 Å². The van der Waals surface area contributed by atoms with Gasteiger partial charge in [-0.3, -0.25) is 4.79 Å². The van der Waals surface area contributed by atoms with Crippen LogP contribution in [0.15, 0.2) is 18.2 Å². The van der Waals surface area contributed by atoms with E-state index in [1.807, 2.05) is 18.2 Å².